The van der Waals surface area contributed by atoms with Gasteiger partial charge in [-0.3, -0.25) is 4.98 Å². The molecule has 2 aromatic carbocycles. The Morgan fingerprint density at radius 1 is 1.03 bits per heavy atom. The number of benzene rings is 2. The Hall–Kier alpha value is -3.39. The lowest BCUT2D eigenvalue weighted by atomic mass is 10.1. The number of aromatic nitrogens is 1. The summed E-state index contributed by atoms with van der Waals surface area (Å²) >= 11 is 0. The molecule has 5 nitrogen and oxygen atoms in total. The molecule has 0 bridgehead atoms. The smallest absolute Gasteiger partial charge is 0.416 e. The number of carboxylic acid groups (broad SMARTS) is 1. The summed E-state index contributed by atoms with van der Waals surface area (Å²) in [4.78, 5) is 13.8. The second kappa shape index (κ2) is 11.0. The van der Waals surface area contributed by atoms with E-state index < -0.39 is 17.7 Å². The first-order chi connectivity index (χ1) is 14.3. The number of carboxylic acids is 1. The molecule has 1 atom stereocenters. The minimum absolute atomic E-state index is 0.220. The standard InChI is InChI=1S/C16H16F3NO.C6H5NO2/c17-16(18,19)13-6-8-14(9-7-13)21-15(10-11-20)12-4-2-1-3-5-12;8-6(9)5-2-1-3-7-4-5/h1-9,15H,10-11,20H2;1-4H,(H,8,9). The normalized spacial score (nSPS) is 11.7. The predicted molar refractivity (Wildman–Crippen MR) is 106 cm³/mol. The monoisotopic (exact) mass is 418 g/mol. The third kappa shape index (κ3) is 7.21. The fraction of sp³-hybridized carbons (Fsp3) is 0.182. The van der Waals surface area contributed by atoms with Crippen molar-refractivity contribution in [2.24, 2.45) is 5.73 Å². The fourth-order valence-corrected chi connectivity index (χ4v) is 2.49. The lowest BCUT2D eigenvalue weighted by Crippen LogP contribution is -2.13. The van der Waals surface area contributed by atoms with Crippen molar-refractivity contribution in [3.63, 3.8) is 0 Å². The Morgan fingerprint density at radius 3 is 2.17 bits per heavy atom. The van der Waals surface area contributed by atoms with Crippen LogP contribution < -0.4 is 10.5 Å². The summed E-state index contributed by atoms with van der Waals surface area (Å²) < 4.78 is 43.3. The largest absolute Gasteiger partial charge is 0.486 e. The van der Waals surface area contributed by atoms with E-state index >= 15 is 0 Å². The molecule has 0 aliphatic carbocycles. The van der Waals surface area contributed by atoms with E-state index in [1.807, 2.05) is 30.3 Å². The maximum Gasteiger partial charge on any atom is 0.416 e. The highest BCUT2D eigenvalue weighted by Gasteiger charge is 2.30. The van der Waals surface area contributed by atoms with Crippen LogP contribution in [-0.4, -0.2) is 22.6 Å². The molecule has 158 valence electrons. The van der Waals surface area contributed by atoms with E-state index in [4.69, 9.17) is 15.6 Å². The third-order valence-corrected chi connectivity index (χ3v) is 3.97. The van der Waals surface area contributed by atoms with Crippen molar-refractivity contribution in [1.29, 1.82) is 0 Å². The number of alkyl halides is 3. The number of pyridine rings is 1. The van der Waals surface area contributed by atoms with Crippen LogP contribution in [0.1, 0.15) is 34.0 Å². The number of aromatic carboxylic acids is 1. The van der Waals surface area contributed by atoms with Gasteiger partial charge in [0.2, 0.25) is 0 Å². The molecule has 3 aromatic rings. The highest BCUT2D eigenvalue weighted by Crippen LogP contribution is 2.31. The van der Waals surface area contributed by atoms with Crippen LogP contribution >= 0.6 is 0 Å². The van der Waals surface area contributed by atoms with Crippen molar-refractivity contribution in [3.05, 3.63) is 95.8 Å². The Bertz CT molecular complexity index is 902. The third-order valence-electron chi connectivity index (χ3n) is 3.97. The predicted octanol–water partition coefficient (Wildman–Crippen LogP) is 4.95. The van der Waals surface area contributed by atoms with Crippen LogP contribution in [0.15, 0.2) is 79.1 Å². The molecule has 0 saturated heterocycles. The van der Waals surface area contributed by atoms with Crippen molar-refractivity contribution in [2.75, 3.05) is 6.54 Å². The van der Waals surface area contributed by atoms with Gasteiger partial charge in [0.25, 0.3) is 0 Å². The molecule has 30 heavy (non-hydrogen) atoms. The molecule has 0 saturated carbocycles. The second-order valence-electron chi connectivity index (χ2n) is 6.16. The van der Waals surface area contributed by atoms with E-state index in [2.05, 4.69) is 4.98 Å². The van der Waals surface area contributed by atoms with Gasteiger partial charge in [-0.15, -0.1) is 0 Å². The summed E-state index contributed by atoms with van der Waals surface area (Å²) in [5.74, 6) is -0.548. The van der Waals surface area contributed by atoms with Gasteiger partial charge >= 0.3 is 12.1 Å². The van der Waals surface area contributed by atoms with Gasteiger partial charge in [0.05, 0.1) is 11.1 Å². The van der Waals surface area contributed by atoms with Gasteiger partial charge in [0.15, 0.2) is 0 Å². The zero-order chi connectivity index (χ0) is 22.0. The zero-order valence-corrected chi connectivity index (χ0v) is 15.9. The van der Waals surface area contributed by atoms with Gasteiger partial charge in [-0.1, -0.05) is 30.3 Å². The maximum atomic E-state index is 12.5. The van der Waals surface area contributed by atoms with E-state index in [9.17, 15) is 18.0 Å². The van der Waals surface area contributed by atoms with E-state index in [-0.39, 0.29) is 11.7 Å². The lowest BCUT2D eigenvalue weighted by molar-refractivity contribution is -0.137. The number of ether oxygens (including phenoxy) is 1. The molecule has 0 fully saturated rings. The van der Waals surface area contributed by atoms with E-state index in [1.54, 1.807) is 6.07 Å². The minimum atomic E-state index is -4.34. The van der Waals surface area contributed by atoms with Crippen molar-refractivity contribution < 1.29 is 27.8 Å². The zero-order valence-electron chi connectivity index (χ0n) is 15.9. The highest BCUT2D eigenvalue weighted by atomic mass is 19.4. The Kier molecular flexibility index (Phi) is 8.37. The summed E-state index contributed by atoms with van der Waals surface area (Å²) in [7, 11) is 0. The van der Waals surface area contributed by atoms with Gasteiger partial charge in [-0.2, -0.15) is 13.2 Å². The van der Waals surface area contributed by atoms with Crippen LogP contribution in [0.2, 0.25) is 0 Å². The van der Waals surface area contributed by atoms with Crippen LogP contribution in [0.3, 0.4) is 0 Å². The Balaban J connectivity index is 0.000000297. The summed E-state index contributed by atoms with van der Waals surface area (Å²) in [6.07, 6.45) is -1.18. The van der Waals surface area contributed by atoms with Crippen molar-refractivity contribution in [3.8, 4) is 5.75 Å². The van der Waals surface area contributed by atoms with Crippen LogP contribution in [0.25, 0.3) is 0 Å². The van der Waals surface area contributed by atoms with Gasteiger partial charge in [-0.05, 0) is 48.5 Å². The average molecular weight is 418 g/mol. The van der Waals surface area contributed by atoms with Crippen molar-refractivity contribution >= 4 is 5.97 Å². The Morgan fingerprint density at radius 2 is 1.70 bits per heavy atom. The molecule has 0 aliphatic heterocycles. The van der Waals surface area contributed by atoms with Crippen LogP contribution in [0, 0.1) is 0 Å². The molecule has 0 spiro atoms. The summed E-state index contributed by atoms with van der Waals surface area (Å²) in [5, 5.41) is 8.34. The molecule has 0 amide bonds. The second-order valence-corrected chi connectivity index (χ2v) is 6.16. The topological polar surface area (TPSA) is 85.4 Å². The fourth-order valence-electron chi connectivity index (χ4n) is 2.49. The molecule has 1 heterocycles. The van der Waals surface area contributed by atoms with Gasteiger partial charge < -0.3 is 15.6 Å². The first-order valence-corrected chi connectivity index (χ1v) is 9.03. The van der Waals surface area contributed by atoms with E-state index in [0.29, 0.717) is 18.7 Å². The van der Waals surface area contributed by atoms with Gasteiger partial charge in [-0.25, -0.2) is 4.79 Å². The average Bonchev–Trinajstić information content (AvgIpc) is 2.75. The molecule has 1 unspecified atom stereocenters. The van der Waals surface area contributed by atoms with Crippen LogP contribution in [-0.2, 0) is 6.18 Å². The van der Waals surface area contributed by atoms with E-state index in [0.717, 1.165) is 17.7 Å². The number of hydrogen-bond acceptors (Lipinski definition) is 4. The first kappa shape index (κ1) is 22.9. The molecule has 1 aromatic heterocycles. The minimum Gasteiger partial charge on any atom is -0.486 e. The molecule has 0 radical (unpaired) electrons. The maximum absolute atomic E-state index is 12.5. The number of nitrogens with zero attached hydrogens (tertiary/aromatic N) is 1. The molecule has 0 aliphatic rings. The first-order valence-electron chi connectivity index (χ1n) is 9.03. The molecular weight excluding hydrogens is 397 g/mol. The molecule has 8 heteroatoms. The van der Waals surface area contributed by atoms with Crippen LogP contribution in [0.4, 0.5) is 13.2 Å². The van der Waals surface area contributed by atoms with Gasteiger partial charge in [0, 0.05) is 18.8 Å². The molecule has 3 rings (SSSR count). The SMILES string of the molecule is NCCC(Oc1ccc(C(F)(F)F)cc1)c1ccccc1.O=C(O)c1cccnc1. The summed E-state index contributed by atoms with van der Waals surface area (Å²) in [6.45, 7) is 0.431. The molecule has 3 N–H and O–H groups in total. The lowest BCUT2D eigenvalue weighted by Gasteiger charge is -2.19. The van der Waals surface area contributed by atoms with Crippen molar-refractivity contribution in [1.82, 2.24) is 4.98 Å². The molecular formula is C22H21F3N2O3. The van der Waals surface area contributed by atoms with E-state index in [1.165, 1.54) is 30.6 Å². The number of hydrogen-bond donors (Lipinski definition) is 2. The van der Waals surface area contributed by atoms with Crippen LogP contribution in [0.5, 0.6) is 5.75 Å². The van der Waals surface area contributed by atoms with Crippen molar-refractivity contribution in [2.45, 2.75) is 18.7 Å². The summed E-state index contributed by atoms with van der Waals surface area (Å²) in [5.41, 5.74) is 6.05. The Labute approximate surface area is 172 Å². The summed E-state index contributed by atoms with van der Waals surface area (Å²) in [6, 6.07) is 17.2. The van der Waals surface area contributed by atoms with Gasteiger partial charge in [0.1, 0.15) is 11.9 Å². The quantitative estimate of drug-likeness (QED) is 0.591. The number of halogens is 3. The highest BCUT2D eigenvalue weighted by molar-refractivity contribution is 5.86. The number of nitrogens with two attached hydrogens (primary N) is 1. The number of carbonyl (C=O) groups is 1. The number of rotatable bonds is 6.